The van der Waals surface area contributed by atoms with E-state index in [-0.39, 0.29) is 17.2 Å². The van der Waals surface area contributed by atoms with E-state index in [1.54, 1.807) is 0 Å². The Labute approximate surface area is 117 Å². The molecule has 2 rings (SSSR count). The van der Waals surface area contributed by atoms with E-state index in [1.165, 1.54) is 18.2 Å². The van der Waals surface area contributed by atoms with Crippen LogP contribution in [0, 0.1) is 11.7 Å². The fourth-order valence-electron chi connectivity index (χ4n) is 2.52. The molecule has 1 N–H and O–H groups in total. The van der Waals surface area contributed by atoms with Crippen LogP contribution < -0.4 is 0 Å². The Balaban J connectivity index is 2.08. The van der Waals surface area contributed by atoms with Gasteiger partial charge in [0.25, 0.3) is 0 Å². The monoisotopic (exact) mass is 284 g/mol. The minimum absolute atomic E-state index is 0.0595. The van der Waals surface area contributed by atoms with E-state index in [4.69, 9.17) is 11.6 Å². The van der Waals surface area contributed by atoms with Crippen LogP contribution in [0.15, 0.2) is 18.2 Å². The van der Waals surface area contributed by atoms with Crippen LogP contribution >= 0.6 is 11.6 Å². The molecule has 19 heavy (non-hydrogen) atoms. The van der Waals surface area contributed by atoms with Crippen LogP contribution in [-0.2, 0) is 11.2 Å². The van der Waals surface area contributed by atoms with Crippen LogP contribution in [0.4, 0.5) is 4.39 Å². The standard InChI is InChI=1S/C15H18ClFO2/c1-10-4-6-15(19,7-5-10)14(18)8-11-2-3-12(17)9-13(11)16/h2-3,9-10,19H,4-8H2,1H3. The number of carbonyl (C=O) groups excluding carboxylic acids is 1. The number of hydrogen-bond donors (Lipinski definition) is 1. The molecule has 0 spiro atoms. The van der Waals surface area contributed by atoms with Gasteiger partial charge >= 0.3 is 0 Å². The second kappa shape index (κ2) is 5.59. The lowest BCUT2D eigenvalue weighted by Gasteiger charge is -2.33. The highest BCUT2D eigenvalue weighted by molar-refractivity contribution is 6.31. The molecule has 0 radical (unpaired) electrons. The first-order chi connectivity index (χ1) is 8.90. The zero-order valence-corrected chi connectivity index (χ0v) is 11.7. The van der Waals surface area contributed by atoms with Crippen molar-refractivity contribution in [3.8, 4) is 0 Å². The van der Waals surface area contributed by atoms with Crippen molar-refractivity contribution in [1.29, 1.82) is 0 Å². The van der Waals surface area contributed by atoms with E-state index >= 15 is 0 Å². The third-order valence-corrected chi connectivity index (χ3v) is 4.34. The van der Waals surface area contributed by atoms with Gasteiger partial charge < -0.3 is 5.11 Å². The molecule has 1 aromatic carbocycles. The van der Waals surface area contributed by atoms with E-state index in [0.29, 0.717) is 24.3 Å². The first-order valence-electron chi connectivity index (χ1n) is 6.60. The number of Topliss-reactive ketones (excluding diaryl/α,β-unsaturated/α-hetero) is 1. The number of aliphatic hydroxyl groups is 1. The lowest BCUT2D eigenvalue weighted by Crippen LogP contribution is -2.42. The van der Waals surface area contributed by atoms with Gasteiger partial charge in [0.2, 0.25) is 0 Å². The summed E-state index contributed by atoms with van der Waals surface area (Å²) in [5.74, 6) is -0.0817. The van der Waals surface area contributed by atoms with Crippen LogP contribution in [-0.4, -0.2) is 16.5 Å². The molecule has 2 nitrogen and oxygen atoms in total. The van der Waals surface area contributed by atoms with Crippen LogP contribution in [0.2, 0.25) is 5.02 Å². The topological polar surface area (TPSA) is 37.3 Å². The molecule has 0 aromatic heterocycles. The summed E-state index contributed by atoms with van der Waals surface area (Å²) in [6.45, 7) is 2.13. The minimum Gasteiger partial charge on any atom is -0.382 e. The second-order valence-electron chi connectivity index (χ2n) is 5.55. The molecule has 0 saturated heterocycles. The van der Waals surface area contributed by atoms with Crippen molar-refractivity contribution in [2.24, 2.45) is 5.92 Å². The van der Waals surface area contributed by atoms with Gasteiger partial charge in [0, 0.05) is 11.4 Å². The van der Waals surface area contributed by atoms with Crippen molar-refractivity contribution < 1.29 is 14.3 Å². The molecule has 0 atom stereocenters. The summed E-state index contributed by atoms with van der Waals surface area (Å²) >= 11 is 5.91. The third-order valence-electron chi connectivity index (χ3n) is 3.99. The number of benzene rings is 1. The van der Waals surface area contributed by atoms with E-state index in [9.17, 15) is 14.3 Å². The first-order valence-corrected chi connectivity index (χ1v) is 6.98. The van der Waals surface area contributed by atoms with Crippen molar-refractivity contribution in [1.82, 2.24) is 0 Å². The predicted octanol–water partition coefficient (Wildman–Crippen LogP) is 3.53. The molecule has 0 bridgehead atoms. The van der Waals surface area contributed by atoms with Crippen molar-refractivity contribution in [2.75, 3.05) is 0 Å². The van der Waals surface area contributed by atoms with Crippen LogP contribution in [0.1, 0.15) is 38.2 Å². The smallest absolute Gasteiger partial charge is 0.168 e. The third kappa shape index (κ3) is 3.34. The predicted molar refractivity (Wildman–Crippen MR) is 72.7 cm³/mol. The Morgan fingerprint density at radius 1 is 1.47 bits per heavy atom. The fraction of sp³-hybridized carbons (Fsp3) is 0.533. The average molecular weight is 285 g/mol. The number of ketones is 1. The van der Waals surface area contributed by atoms with Crippen molar-refractivity contribution >= 4 is 17.4 Å². The molecule has 0 unspecified atom stereocenters. The summed E-state index contributed by atoms with van der Waals surface area (Å²) in [6, 6.07) is 3.98. The number of hydrogen-bond acceptors (Lipinski definition) is 2. The van der Waals surface area contributed by atoms with Crippen LogP contribution in [0.25, 0.3) is 0 Å². The SMILES string of the molecule is CC1CCC(O)(C(=O)Cc2ccc(F)cc2Cl)CC1. The quantitative estimate of drug-likeness (QED) is 0.922. The van der Waals surface area contributed by atoms with Gasteiger partial charge in [0.15, 0.2) is 5.78 Å². The van der Waals surface area contributed by atoms with Gasteiger partial charge in [-0.1, -0.05) is 24.6 Å². The summed E-state index contributed by atoms with van der Waals surface area (Å²) in [7, 11) is 0. The summed E-state index contributed by atoms with van der Waals surface area (Å²) in [6.07, 6.45) is 2.79. The van der Waals surface area contributed by atoms with Crippen LogP contribution in [0.3, 0.4) is 0 Å². The molecule has 1 fully saturated rings. The molecule has 1 aliphatic rings. The largest absolute Gasteiger partial charge is 0.382 e. The molecule has 4 heteroatoms. The van der Waals surface area contributed by atoms with E-state index < -0.39 is 11.4 Å². The maximum atomic E-state index is 12.9. The molecule has 104 valence electrons. The van der Waals surface area contributed by atoms with Gasteiger partial charge in [-0.05, 0) is 49.3 Å². The Bertz CT molecular complexity index is 479. The number of carbonyl (C=O) groups is 1. The summed E-state index contributed by atoms with van der Waals surface area (Å²) in [5.41, 5.74) is -0.662. The Morgan fingerprint density at radius 3 is 2.68 bits per heavy atom. The maximum absolute atomic E-state index is 12.9. The van der Waals surface area contributed by atoms with Crippen LogP contribution in [0.5, 0.6) is 0 Å². The summed E-state index contributed by atoms with van der Waals surface area (Å²) in [4.78, 5) is 12.2. The highest BCUT2D eigenvalue weighted by Gasteiger charge is 2.38. The molecule has 1 aromatic rings. The van der Waals surface area contributed by atoms with Gasteiger partial charge in [-0.3, -0.25) is 4.79 Å². The van der Waals surface area contributed by atoms with Crippen molar-refractivity contribution in [3.63, 3.8) is 0 Å². The fourth-order valence-corrected chi connectivity index (χ4v) is 2.76. The van der Waals surface area contributed by atoms with E-state index in [0.717, 1.165) is 12.8 Å². The molecule has 0 heterocycles. The molecular weight excluding hydrogens is 267 g/mol. The molecule has 0 amide bonds. The van der Waals surface area contributed by atoms with Gasteiger partial charge in [-0.2, -0.15) is 0 Å². The molecular formula is C15H18ClFO2. The zero-order chi connectivity index (χ0) is 14.0. The Kier molecular flexibility index (Phi) is 4.26. The lowest BCUT2D eigenvalue weighted by atomic mass is 9.76. The molecule has 0 aliphatic heterocycles. The van der Waals surface area contributed by atoms with Crippen molar-refractivity contribution in [2.45, 2.75) is 44.6 Å². The van der Waals surface area contributed by atoms with Gasteiger partial charge in [0.1, 0.15) is 11.4 Å². The van der Waals surface area contributed by atoms with E-state index in [2.05, 4.69) is 6.92 Å². The first kappa shape index (κ1) is 14.5. The van der Waals surface area contributed by atoms with Gasteiger partial charge in [-0.25, -0.2) is 4.39 Å². The Morgan fingerprint density at radius 2 is 2.11 bits per heavy atom. The lowest BCUT2D eigenvalue weighted by molar-refractivity contribution is -0.140. The van der Waals surface area contributed by atoms with Gasteiger partial charge in [0.05, 0.1) is 0 Å². The number of rotatable bonds is 3. The molecule has 1 saturated carbocycles. The highest BCUT2D eigenvalue weighted by Crippen LogP contribution is 2.33. The van der Waals surface area contributed by atoms with Crippen molar-refractivity contribution in [3.05, 3.63) is 34.6 Å². The highest BCUT2D eigenvalue weighted by atomic mass is 35.5. The minimum atomic E-state index is -1.23. The second-order valence-corrected chi connectivity index (χ2v) is 5.96. The zero-order valence-electron chi connectivity index (χ0n) is 11.0. The van der Waals surface area contributed by atoms with E-state index in [1.807, 2.05) is 0 Å². The summed E-state index contributed by atoms with van der Waals surface area (Å²) < 4.78 is 12.9. The van der Waals surface area contributed by atoms with Gasteiger partial charge in [-0.15, -0.1) is 0 Å². The summed E-state index contributed by atoms with van der Waals surface area (Å²) in [5, 5.41) is 10.6. The maximum Gasteiger partial charge on any atom is 0.168 e. The molecule has 1 aliphatic carbocycles. The Hall–Kier alpha value is -0.930. The number of halogens is 2. The average Bonchev–Trinajstić information content (AvgIpc) is 2.36. The normalized spacial score (nSPS) is 27.3.